The second kappa shape index (κ2) is 15.6. The minimum absolute atomic E-state index is 0.165. The van der Waals surface area contributed by atoms with Crippen LogP contribution < -0.4 is 21.7 Å². The lowest BCUT2D eigenvalue weighted by Crippen LogP contribution is -2.49. The summed E-state index contributed by atoms with van der Waals surface area (Å²) in [7, 11) is 0. The molecule has 4 aromatic rings. The van der Waals surface area contributed by atoms with Crippen molar-refractivity contribution in [2.75, 3.05) is 26.2 Å². The maximum Gasteiger partial charge on any atom is 0.242 e. The van der Waals surface area contributed by atoms with Gasteiger partial charge in [0.25, 0.3) is 0 Å². The zero-order chi connectivity index (χ0) is 32.2. The molecule has 0 fully saturated rings. The molecule has 0 aliphatic rings. The van der Waals surface area contributed by atoms with Crippen molar-refractivity contribution in [2.45, 2.75) is 26.9 Å². The monoisotopic (exact) mass is 613 g/mol. The highest BCUT2D eigenvalue weighted by atomic mass is 16.2. The molecule has 0 saturated carbocycles. The van der Waals surface area contributed by atoms with Crippen molar-refractivity contribution in [2.24, 2.45) is 5.73 Å². The third-order valence-electron chi connectivity index (χ3n) is 6.21. The summed E-state index contributed by atoms with van der Waals surface area (Å²) in [4.78, 5) is 51.0. The number of aromatic nitrogens is 8. The molecule has 4 amide bonds. The Morgan fingerprint density at radius 2 is 1.00 bits per heavy atom. The average Bonchev–Trinajstić information content (AvgIpc) is 3.06. The van der Waals surface area contributed by atoms with E-state index >= 15 is 0 Å². The van der Waals surface area contributed by atoms with Crippen LogP contribution in [0.3, 0.4) is 0 Å². The van der Waals surface area contributed by atoms with Crippen molar-refractivity contribution in [3.05, 3.63) is 71.3 Å². The first-order valence-corrected chi connectivity index (χ1v) is 13.7. The summed E-state index contributed by atoms with van der Waals surface area (Å²) in [5, 5.41) is 39.4. The van der Waals surface area contributed by atoms with E-state index in [0.717, 1.165) is 16.0 Å². The summed E-state index contributed by atoms with van der Waals surface area (Å²) in [5.74, 6) is -0.520. The maximum absolute atomic E-state index is 12.8. The van der Waals surface area contributed by atoms with Gasteiger partial charge in [-0.3, -0.25) is 19.2 Å². The van der Waals surface area contributed by atoms with Gasteiger partial charge in [0.15, 0.2) is 11.6 Å². The predicted octanol–water partition coefficient (Wildman–Crippen LogP) is -1.37. The van der Waals surface area contributed by atoms with Gasteiger partial charge in [0, 0.05) is 24.2 Å². The Balaban J connectivity index is 1.31. The molecule has 0 saturated heterocycles. The van der Waals surface area contributed by atoms with Crippen molar-refractivity contribution in [3.8, 4) is 22.8 Å². The van der Waals surface area contributed by atoms with Gasteiger partial charge in [0.05, 0.1) is 13.1 Å². The number of hydrogen-bond acceptors (Lipinski definition) is 13. The summed E-state index contributed by atoms with van der Waals surface area (Å²) >= 11 is 0. The van der Waals surface area contributed by atoms with Gasteiger partial charge in [-0.2, -0.15) is 0 Å². The molecule has 0 bridgehead atoms. The molecule has 17 heteroatoms. The molecule has 0 spiro atoms. The molecule has 0 unspecified atom stereocenters. The number of nitrogens with one attached hydrogen (secondary N) is 3. The summed E-state index contributed by atoms with van der Waals surface area (Å²) in [6.45, 7) is 2.15. The third kappa shape index (κ3) is 9.85. The fraction of sp³-hybridized carbons (Fsp3) is 0.286. The van der Waals surface area contributed by atoms with Crippen molar-refractivity contribution >= 4 is 23.6 Å². The van der Waals surface area contributed by atoms with E-state index in [0.29, 0.717) is 34.4 Å². The summed E-state index contributed by atoms with van der Waals surface area (Å²) in [5.41, 5.74) is 8.26. The Hall–Kier alpha value is -5.84. The zero-order valence-corrected chi connectivity index (χ0v) is 24.6. The first kappa shape index (κ1) is 32.1. The highest BCUT2D eigenvalue weighted by Gasteiger charge is 2.21. The summed E-state index contributed by atoms with van der Waals surface area (Å²) in [6.07, 6.45) is 0. The molecular formula is C28H31N13O4. The van der Waals surface area contributed by atoms with Crippen LogP contribution in [0.15, 0.2) is 48.5 Å². The topological polar surface area (TPSA) is 237 Å². The SMILES string of the molecule is Cc1nnc(-c2ccc(CNC(=O)CN(CC(=O)NCc3ccc(-c4nnc(C)nn4)cc3)C(=O)CNC(=O)CN)cc2)nn1. The van der Waals surface area contributed by atoms with Gasteiger partial charge < -0.3 is 26.6 Å². The van der Waals surface area contributed by atoms with Crippen molar-refractivity contribution in [3.63, 3.8) is 0 Å². The van der Waals surface area contributed by atoms with E-state index in [9.17, 15) is 19.2 Å². The van der Waals surface area contributed by atoms with Gasteiger partial charge in [-0.15, -0.1) is 40.8 Å². The van der Waals surface area contributed by atoms with E-state index in [1.54, 1.807) is 62.4 Å². The molecule has 5 N–H and O–H groups in total. The molecule has 2 aromatic heterocycles. The first-order valence-electron chi connectivity index (χ1n) is 13.7. The molecule has 17 nitrogen and oxygen atoms in total. The molecule has 0 aliphatic heterocycles. The highest BCUT2D eigenvalue weighted by Crippen LogP contribution is 2.15. The number of amides is 4. The van der Waals surface area contributed by atoms with E-state index in [2.05, 4.69) is 56.7 Å². The molecule has 45 heavy (non-hydrogen) atoms. The summed E-state index contributed by atoms with van der Waals surface area (Å²) in [6, 6.07) is 14.2. The fourth-order valence-corrected chi connectivity index (χ4v) is 3.78. The predicted molar refractivity (Wildman–Crippen MR) is 158 cm³/mol. The minimum Gasteiger partial charge on any atom is -0.350 e. The van der Waals surface area contributed by atoms with Crippen LogP contribution >= 0.6 is 0 Å². The van der Waals surface area contributed by atoms with E-state index < -0.39 is 43.3 Å². The Kier molecular flexibility index (Phi) is 11.1. The molecule has 0 aliphatic carbocycles. The average molecular weight is 614 g/mol. The van der Waals surface area contributed by atoms with E-state index in [1.807, 2.05) is 0 Å². The normalized spacial score (nSPS) is 10.6. The van der Waals surface area contributed by atoms with Crippen LogP contribution in [-0.2, 0) is 32.3 Å². The second-order valence-electron chi connectivity index (χ2n) is 9.72. The lowest BCUT2D eigenvalue weighted by molar-refractivity contribution is -0.139. The number of benzene rings is 2. The van der Waals surface area contributed by atoms with Gasteiger partial charge in [0.2, 0.25) is 35.3 Å². The number of carbonyl (C=O) groups is 4. The Morgan fingerprint density at radius 3 is 1.38 bits per heavy atom. The van der Waals surface area contributed by atoms with Crippen LogP contribution in [0.25, 0.3) is 22.8 Å². The number of carbonyl (C=O) groups excluding carboxylic acids is 4. The largest absolute Gasteiger partial charge is 0.350 e. The molecular weight excluding hydrogens is 582 g/mol. The van der Waals surface area contributed by atoms with Gasteiger partial charge >= 0.3 is 0 Å². The Labute approximate surface area is 257 Å². The number of nitrogens with zero attached hydrogens (tertiary/aromatic N) is 9. The van der Waals surface area contributed by atoms with Gasteiger partial charge in [0.1, 0.15) is 13.1 Å². The maximum atomic E-state index is 12.8. The molecule has 0 radical (unpaired) electrons. The lowest BCUT2D eigenvalue weighted by atomic mass is 10.1. The molecule has 0 atom stereocenters. The molecule has 2 heterocycles. The van der Waals surface area contributed by atoms with Crippen molar-refractivity contribution < 1.29 is 19.2 Å². The third-order valence-corrected chi connectivity index (χ3v) is 6.21. The van der Waals surface area contributed by atoms with Crippen LogP contribution in [0.5, 0.6) is 0 Å². The minimum atomic E-state index is -0.628. The number of aryl methyl sites for hydroxylation is 2. The number of nitrogens with two attached hydrogens (primary N) is 1. The van der Waals surface area contributed by atoms with E-state index in [-0.39, 0.29) is 19.6 Å². The standard InChI is InChI=1S/C28H31N13O4/c1-17-33-37-27(38-34-17)21-7-3-19(4-8-21)12-30-24(43)15-41(26(45)14-32-23(42)11-29)16-25(44)31-13-20-5-9-22(10-6-20)28-39-35-18(2)36-40-28/h3-10H,11-16,29H2,1-2H3,(H,30,43)(H,31,44)(H,32,42). The van der Waals surface area contributed by atoms with Gasteiger partial charge in [-0.25, -0.2) is 0 Å². The quantitative estimate of drug-likeness (QED) is 0.136. The fourth-order valence-electron chi connectivity index (χ4n) is 3.78. The highest BCUT2D eigenvalue weighted by molar-refractivity contribution is 5.91. The Morgan fingerprint density at radius 1 is 0.600 bits per heavy atom. The lowest BCUT2D eigenvalue weighted by Gasteiger charge is -2.22. The van der Waals surface area contributed by atoms with Crippen LogP contribution in [0, 0.1) is 13.8 Å². The molecule has 4 rings (SSSR count). The van der Waals surface area contributed by atoms with Crippen molar-refractivity contribution in [1.82, 2.24) is 61.6 Å². The van der Waals surface area contributed by atoms with Crippen molar-refractivity contribution in [1.29, 1.82) is 0 Å². The van der Waals surface area contributed by atoms with E-state index in [4.69, 9.17) is 5.73 Å². The van der Waals surface area contributed by atoms with Crippen LogP contribution in [0.2, 0.25) is 0 Å². The Bertz CT molecular complexity index is 1510. The van der Waals surface area contributed by atoms with Gasteiger partial charge in [-0.05, 0) is 25.0 Å². The summed E-state index contributed by atoms with van der Waals surface area (Å²) < 4.78 is 0. The van der Waals surface area contributed by atoms with Crippen LogP contribution in [0.1, 0.15) is 22.8 Å². The van der Waals surface area contributed by atoms with Crippen LogP contribution in [-0.4, -0.2) is 95.5 Å². The smallest absolute Gasteiger partial charge is 0.242 e. The molecule has 2 aromatic carbocycles. The molecule has 232 valence electrons. The van der Waals surface area contributed by atoms with E-state index in [1.165, 1.54) is 0 Å². The first-order chi connectivity index (χ1) is 21.7. The van der Waals surface area contributed by atoms with Crippen LogP contribution in [0.4, 0.5) is 0 Å². The van der Waals surface area contributed by atoms with Gasteiger partial charge in [-0.1, -0.05) is 48.5 Å². The number of rotatable bonds is 13. The second-order valence-corrected chi connectivity index (χ2v) is 9.72. The number of hydrogen-bond donors (Lipinski definition) is 4. The zero-order valence-electron chi connectivity index (χ0n) is 24.6.